The molecular formula is C14H11ClF5N3O2. The van der Waals surface area contributed by atoms with Crippen molar-refractivity contribution in [1.82, 2.24) is 4.98 Å². The number of halogens is 6. The van der Waals surface area contributed by atoms with Crippen molar-refractivity contribution in [3.05, 3.63) is 52.1 Å². The van der Waals surface area contributed by atoms with Crippen molar-refractivity contribution < 1.29 is 32.2 Å². The minimum absolute atomic E-state index is 0. The lowest BCUT2D eigenvalue weighted by Gasteiger charge is -2.09. The van der Waals surface area contributed by atoms with Crippen molar-refractivity contribution in [2.45, 2.75) is 13.5 Å². The lowest BCUT2D eigenvalue weighted by atomic mass is 10.1. The molecule has 1 aromatic heterocycles. The normalized spacial score (nSPS) is 10.8. The quantitative estimate of drug-likeness (QED) is 0.249. The Balaban J connectivity index is 0.00000312. The van der Waals surface area contributed by atoms with Gasteiger partial charge in [-0.2, -0.15) is 5.10 Å². The second-order valence-electron chi connectivity index (χ2n) is 4.60. The molecule has 0 fully saturated rings. The minimum Gasteiger partial charge on any atom is -0.505 e. The van der Waals surface area contributed by atoms with Crippen LogP contribution < -0.4 is 5.43 Å². The molecule has 0 amide bonds. The Labute approximate surface area is 144 Å². The van der Waals surface area contributed by atoms with E-state index >= 15 is 0 Å². The number of aromatic hydroxyl groups is 1. The van der Waals surface area contributed by atoms with Gasteiger partial charge in [-0.15, -0.1) is 12.4 Å². The highest BCUT2D eigenvalue weighted by Crippen LogP contribution is 2.27. The van der Waals surface area contributed by atoms with Crippen LogP contribution in [-0.2, 0) is 6.61 Å². The average Bonchev–Trinajstić information content (AvgIpc) is 2.58. The molecule has 0 aliphatic rings. The SMILES string of the molecule is Cc1ncc(CO)c(C=NNc2c(F)c(F)c(F)c(F)c2F)c1O.Cl. The molecule has 25 heavy (non-hydrogen) atoms. The number of hydrogen-bond donors (Lipinski definition) is 3. The number of nitrogens with one attached hydrogen (secondary N) is 1. The number of benzene rings is 1. The maximum atomic E-state index is 13.5. The minimum atomic E-state index is -2.29. The second kappa shape index (κ2) is 8.08. The van der Waals surface area contributed by atoms with Crippen molar-refractivity contribution in [3.63, 3.8) is 0 Å². The van der Waals surface area contributed by atoms with Gasteiger partial charge in [-0.1, -0.05) is 0 Å². The number of hydrazone groups is 1. The van der Waals surface area contributed by atoms with Crippen LogP contribution in [0.1, 0.15) is 16.8 Å². The Hall–Kier alpha value is -2.46. The van der Waals surface area contributed by atoms with Gasteiger partial charge >= 0.3 is 0 Å². The largest absolute Gasteiger partial charge is 0.505 e. The maximum absolute atomic E-state index is 13.5. The summed E-state index contributed by atoms with van der Waals surface area (Å²) in [5, 5.41) is 22.3. The van der Waals surface area contributed by atoms with E-state index in [0.29, 0.717) is 0 Å². The third-order valence-electron chi connectivity index (χ3n) is 3.11. The summed E-state index contributed by atoms with van der Waals surface area (Å²) in [6.45, 7) is 0.927. The van der Waals surface area contributed by atoms with Crippen LogP contribution >= 0.6 is 12.4 Å². The van der Waals surface area contributed by atoms with Gasteiger partial charge in [-0.05, 0) is 6.92 Å². The predicted molar refractivity (Wildman–Crippen MR) is 81.3 cm³/mol. The van der Waals surface area contributed by atoms with Crippen LogP contribution in [0.25, 0.3) is 0 Å². The molecule has 5 nitrogen and oxygen atoms in total. The molecule has 2 aromatic rings. The third kappa shape index (κ3) is 3.80. The number of aromatic nitrogens is 1. The fourth-order valence-electron chi connectivity index (χ4n) is 1.79. The van der Waals surface area contributed by atoms with Gasteiger partial charge in [0.1, 0.15) is 11.4 Å². The maximum Gasteiger partial charge on any atom is 0.200 e. The Morgan fingerprint density at radius 2 is 1.60 bits per heavy atom. The Bertz CT molecular complexity index is 804. The fourth-order valence-corrected chi connectivity index (χ4v) is 1.79. The molecule has 0 bridgehead atoms. The summed E-state index contributed by atoms with van der Waals surface area (Å²) in [5.41, 5.74) is 0.646. The number of aliphatic hydroxyl groups is 1. The number of hydrogen-bond acceptors (Lipinski definition) is 5. The Morgan fingerprint density at radius 1 is 1.08 bits per heavy atom. The monoisotopic (exact) mass is 383 g/mol. The molecule has 0 spiro atoms. The summed E-state index contributed by atoms with van der Waals surface area (Å²) in [7, 11) is 0. The van der Waals surface area contributed by atoms with E-state index in [9.17, 15) is 27.1 Å². The molecule has 0 atom stereocenters. The van der Waals surface area contributed by atoms with Crippen molar-refractivity contribution in [2.75, 3.05) is 5.43 Å². The van der Waals surface area contributed by atoms with Crippen LogP contribution in [0.4, 0.5) is 27.6 Å². The molecule has 2 rings (SSSR count). The fraction of sp³-hybridized carbons (Fsp3) is 0.143. The van der Waals surface area contributed by atoms with Crippen LogP contribution in [0.3, 0.4) is 0 Å². The Kier molecular flexibility index (Phi) is 6.65. The topological polar surface area (TPSA) is 77.7 Å². The van der Waals surface area contributed by atoms with Gasteiger partial charge < -0.3 is 10.2 Å². The number of nitrogens with zero attached hydrogens (tertiary/aromatic N) is 2. The lowest BCUT2D eigenvalue weighted by molar-refractivity contribution is 0.280. The number of pyridine rings is 1. The van der Waals surface area contributed by atoms with Crippen LogP contribution in [-0.4, -0.2) is 21.4 Å². The lowest BCUT2D eigenvalue weighted by Crippen LogP contribution is -2.07. The molecule has 136 valence electrons. The first-order valence-electron chi connectivity index (χ1n) is 6.38. The summed E-state index contributed by atoms with van der Waals surface area (Å²) < 4.78 is 65.9. The number of aryl methyl sites for hydroxylation is 1. The van der Waals surface area contributed by atoms with E-state index in [1.165, 1.54) is 13.1 Å². The average molecular weight is 384 g/mol. The molecule has 0 radical (unpaired) electrons. The highest BCUT2D eigenvalue weighted by atomic mass is 35.5. The molecule has 0 aliphatic heterocycles. The number of rotatable bonds is 4. The van der Waals surface area contributed by atoms with Crippen molar-refractivity contribution in [3.8, 4) is 5.75 Å². The molecule has 11 heteroatoms. The molecule has 0 saturated heterocycles. The molecule has 0 unspecified atom stereocenters. The summed E-state index contributed by atoms with van der Waals surface area (Å²) in [6.07, 6.45) is 2.09. The molecular weight excluding hydrogens is 373 g/mol. The van der Waals surface area contributed by atoms with Gasteiger partial charge in [0.15, 0.2) is 23.3 Å². The third-order valence-corrected chi connectivity index (χ3v) is 3.11. The van der Waals surface area contributed by atoms with E-state index in [-0.39, 0.29) is 35.0 Å². The van der Waals surface area contributed by atoms with Gasteiger partial charge in [0.2, 0.25) is 5.82 Å². The Morgan fingerprint density at radius 3 is 2.12 bits per heavy atom. The molecule has 0 saturated carbocycles. The first kappa shape index (κ1) is 20.6. The van der Waals surface area contributed by atoms with E-state index in [1.807, 2.05) is 0 Å². The highest BCUT2D eigenvalue weighted by molar-refractivity contribution is 5.86. The molecule has 0 aliphatic carbocycles. The molecule has 1 aromatic carbocycles. The summed E-state index contributed by atoms with van der Waals surface area (Å²) in [4.78, 5) is 3.78. The van der Waals surface area contributed by atoms with Crippen LogP contribution in [0.15, 0.2) is 11.3 Å². The van der Waals surface area contributed by atoms with Gasteiger partial charge in [0.25, 0.3) is 0 Å². The summed E-state index contributed by atoms with van der Waals surface area (Å²) in [5.74, 6) is -11.0. The second-order valence-corrected chi connectivity index (χ2v) is 4.60. The summed E-state index contributed by atoms with van der Waals surface area (Å²) in [6, 6.07) is 0. The van der Waals surface area contributed by atoms with E-state index < -0.39 is 41.4 Å². The van der Waals surface area contributed by atoms with Crippen LogP contribution in [0.5, 0.6) is 5.75 Å². The van der Waals surface area contributed by atoms with Crippen molar-refractivity contribution in [1.29, 1.82) is 0 Å². The van der Waals surface area contributed by atoms with Gasteiger partial charge in [0.05, 0.1) is 18.5 Å². The van der Waals surface area contributed by atoms with Crippen molar-refractivity contribution >= 4 is 24.3 Å². The zero-order valence-electron chi connectivity index (χ0n) is 12.4. The zero-order chi connectivity index (χ0) is 18.0. The van der Waals surface area contributed by atoms with E-state index in [1.54, 1.807) is 5.43 Å². The molecule has 1 heterocycles. The van der Waals surface area contributed by atoms with Crippen LogP contribution in [0, 0.1) is 36.0 Å². The number of aliphatic hydroxyl groups excluding tert-OH is 1. The number of anilines is 1. The predicted octanol–water partition coefficient (Wildman–Crippen LogP) is 3.15. The first-order chi connectivity index (χ1) is 11.3. The van der Waals surface area contributed by atoms with Crippen LogP contribution in [0.2, 0.25) is 0 Å². The standard InChI is InChI=1S/C14H10F5N3O2.ClH/c1-5-14(24)7(6(4-23)2-20-5)3-21-22-13-11(18)9(16)8(15)10(17)12(13)19;/h2-3,22-24H,4H2,1H3;1H. The van der Waals surface area contributed by atoms with E-state index in [0.717, 1.165) is 6.21 Å². The summed E-state index contributed by atoms with van der Waals surface area (Å²) >= 11 is 0. The first-order valence-corrected chi connectivity index (χ1v) is 6.38. The molecule has 3 N–H and O–H groups in total. The van der Waals surface area contributed by atoms with Gasteiger partial charge in [-0.3, -0.25) is 10.4 Å². The van der Waals surface area contributed by atoms with Gasteiger partial charge in [0, 0.05) is 17.3 Å². The zero-order valence-corrected chi connectivity index (χ0v) is 13.3. The van der Waals surface area contributed by atoms with E-state index in [4.69, 9.17) is 5.11 Å². The van der Waals surface area contributed by atoms with Gasteiger partial charge in [-0.25, -0.2) is 22.0 Å². The highest BCUT2D eigenvalue weighted by Gasteiger charge is 2.25. The van der Waals surface area contributed by atoms with E-state index in [2.05, 4.69) is 10.1 Å². The smallest absolute Gasteiger partial charge is 0.200 e. The van der Waals surface area contributed by atoms with Crippen molar-refractivity contribution in [2.24, 2.45) is 5.10 Å².